The van der Waals surface area contributed by atoms with Crippen LogP contribution >= 0.6 is 0 Å². The van der Waals surface area contributed by atoms with Crippen LogP contribution in [0.3, 0.4) is 0 Å². The second-order valence-corrected chi connectivity index (χ2v) is 5.97. The van der Waals surface area contributed by atoms with E-state index in [9.17, 15) is 4.79 Å². The molecule has 0 aliphatic heterocycles. The maximum atomic E-state index is 12.1. The Balaban J connectivity index is 2.22. The Kier molecular flexibility index (Phi) is 4.46. The van der Waals surface area contributed by atoms with Crippen LogP contribution in [0.1, 0.15) is 32.8 Å². The normalized spacial score (nSPS) is 11.2. The highest BCUT2D eigenvalue weighted by Crippen LogP contribution is 2.28. The number of carbonyl (C=O) groups is 1. The summed E-state index contributed by atoms with van der Waals surface area (Å²) < 4.78 is 5.50. The van der Waals surface area contributed by atoms with Gasteiger partial charge in [0.05, 0.1) is 5.41 Å². The van der Waals surface area contributed by atoms with Gasteiger partial charge in [0.15, 0.2) is 0 Å². The molecule has 2 aromatic rings. The first-order valence-electron chi connectivity index (χ1n) is 7.32. The third-order valence-corrected chi connectivity index (χ3v) is 3.93. The molecule has 0 unspecified atom stereocenters. The minimum atomic E-state index is -0.452. The van der Waals surface area contributed by atoms with Gasteiger partial charge in [0, 0.05) is 0 Å². The fourth-order valence-corrected chi connectivity index (χ4v) is 2.03. The number of hydrogen-bond acceptors (Lipinski definition) is 2. The molecule has 2 heteroatoms. The van der Waals surface area contributed by atoms with E-state index in [0.717, 1.165) is 17.5 Å². The van der Waals surface area contributed by atoms with Crippen molar-refractivity contribution in [2.45, 2.75) is 34.1 Å². The Morgan fingerprint density at radius 1 is 1.10 bits per heavy atom. The van der Waals surface area contributed by atoms with Crippen molar-refractivity contribution in [2.75, 3.05) is 0 Å². The van der Waals surface area contributed by atoms with Gasteiger partial charge in [-0.3, -0.25) is 4.79 Å². The summed E-state index contributed by atoms with van der Waals surface area (Å²) in [6.07, 6.45) is 0.757. The standard InChI is InChI=1S/C19H22O2/c1-5-19(3,4)18(20)21-16-11-12-17(14(2)13-16)15-9-7-6-8-10-15/h6-13H,5H2,1-4H3. The predicted octanol–water partition coefficient (Wildman–Crippen LogP) is 5.00. The topological polar surface area (TPSA) is 26.3 Å². The van der Waals surface area contributed by atoms with Crippen molar-refractivity contribution in [3.05, 3.63) is 54.1 Å². The van der Waals surface area contributed by atoms with Gasteiger partial charge in [-0.15, -0.1) is 0 Å². The molecule has 0 fully saturated rings. The molecule has 0 N–H and O–H groups in total. The van der Waals surface area contributed by atoms with Crippen LogP contribution in [0.25, 0.3) is 11.1 Å². The van der Waals surface area contributed by atoms with Crippen LogP contribution in [0.4, 0.5) is 0 Å². The lowest BCUT2D eigenvalue weighted by molar-refractivity contribution is -0.144. The molecular weight excluding hydrogens is 260 g/mol. The van der Waals surface area contributed by atoms with Crippen molar-refractivity contribution >= 4 is 5.97 Å². The van der Waals surface area contributed by atoms with Gasteiger partial charge >= 0.3 is 5.97 Å². The Morgan fingerprint density at radius 3 is 2.33 bits per heavy atom. The molecule has 0 atom stereocenters. The van der Waals surface area contributed by atoms with E-state index in [4.69, 9.17) is 4.74 Å². The summed E-state index contributed by atoms with van der Waals surface area (Å²) in [4.78, 5) is 12.1. The molecule has 2 nitrogen and oxygen atoms in total. The molecule has 0 bridgehead atoms. The highest BCUT2D eigenvalue weighted by atomic mass is 16.5. The Hall–Kier alpha value is -2.09. The van der Waals surface area contributed by atoms with Gasteiger partial charge in [-0.25, -0.2) is 0 Å². The van der Waals surface area contributed by atoms with Crippen LogP contribution in [0.5, 0.6) is 5.75 Å². The highest BCUT2D eigenvalue weighted by Gasteiger charge is 2.27. The number of ether oxygens (including phenoxy) is 1. The largest absolute Gasteiger partial charge is 0.426 e. The number of aryl methyl sites for hydroxylation is 1. The van der Waals surface area contributed by atoms with Crippen molar-refractivity contribution in [1.82, 2.24) is 0 Å². The minimum Gasteiger partial charge on any atom is -0.426 e. The number of hydrogen-bond donors (Lipinski definition) is 0. The Morgan fingerprint density at radius 2 is 1.76 bits per heavy atom. The first kappa shape index (κ1) is 15.3. The monoisotopic (exact) mass is 282 g/mol. The van der Waals surface area contributed by atoms with E-state index in [2.05, 4.69) is 12.1 Å². The van der Waals surface area contributed by atoms with Gasteiger partial charge in [0.2, 0.25) is 0 Å². The second kappa shape index (κ2) is 6.13. The van der Waals surface area contributed by atoms with Gasteiger partial charge < -0.3 is 4.74 Å². The molecule has 21 heavy (non-hydrogen) atoms. The number of rotatable bonds is 4. The van der Waals surface area contributed by atoms with Gasteiger partial charge in [0.1, 0.15) is 5.75 Å². The molecule has 0 aromatic heterocycles. The summed E-state index contributed by atoms with van der Waals surface area (Å²) in [5, 5.41) is 0. The Bertz CT molecular complexity index is 627. The zero-order chi connectivity index (χ0) is 15.5. The molecule has 2 rings (SSSR count). The third-order valence-electron chi connectivity index (χ3n) is 3.93. The number of benzene rings is 2. The second-order valence-electron chi connectivity index (χ2n) is 5.97. The molecule has 0 aliphatic rings. The molecule has 0 saturated carbocycles. The van der Waals surface area contributed by atoms with Crippen molar-refractivity contribution in [3.63, 3.8) is 0 Å². The molecule has 2 aromatic carbocycles. The summed E-state index contributed by atoms with van der Waals surface area (Å²) in [6, 6.07) is 16.0. The predicted molar refractivity (Wildman–Crippen MR) is 86.3 cm³/mol. The lowest BCUT2D eigenvalue weighted by Crippen LogP contribution is -2.28. The smallest absolute Gasteiger partial charge is 0.316 e. The van der Waals surface area contributed by atoms with Crippen LogP contribution in [-0.2, 0) is 4.79 Å². The molecule has 0 amide bonds. The molecule has 0 spiro atoms. The zero-order valence-corrected chi connectivity index (χ0v) is 13.1. The first-order valence-corrected chi connectivity index (χ1v) is 7.32. The van der Waals surface area contributed by atoms with E-state index in [1.807, 2.05) is 64.1 Å². The van der Waals surface area contributed by atoms with Crippen molar-refractivity contribution in [1.29, 1.82) is 0 Å². The van der Waals surface area contributed by atoms with Gasteiger partial charge in [-0.05, 0) is 56.0 Å². The van der Waals surface area contributed by atoms with E-state index >= 15 is 0 Å². The van der Waals surface area contributed by atoms with E-state index in [-0.39, 0.29) is 5.97 Å². The molecular formula is C19H22O2. The Labute approximate surface area is 126 Å². The lowest BCUT2D eigenvalue weighted by atomic mass is 9.91. The summed E-state index contributed by atoms with van der Waals surface area (Å²) >= 11 is 0. The van der Waals surface area contributed by atoms with E-state index in [1.165, 1.54) is 5.56 Å². The van der Waals surface area contributed by atoms with Gasteiger partial charge in [-0.2, -0.15) is 0 Å². The fourth-order valence-electron chi connectivity index (χ4n) is 2.03. The first-order chi connectivity index (χ1) is 9.94. The van der Waals surface area contributed by atoms with Gasteiger partial charge in [0.25, 0.3) is 0 Å². The van der Waals surface area contributed by atoms with Gasteiger partial charge in [-0.1, -0.05) is 43.3 Å². The molecule has 0 aliphatic carbocycles. The molecule has 110 valence electrons. The van der Waals surface area contributed by atoms with Crippen molar-refractivity contribution < 1.29 is 9.53 Å². The van der Waals surface area contributed by atoms with E-state index in [1.54, 1.807) is 0 Å². The summed E-state index contributed by atoms with van der Waals surface area (Å²) in [7, 11) is 0. The summed E-state index contributed by atoms with van der Waals surface area (Å²) in [6.45, 7) is 7.83. The molecule has 0 heterocycles. The highest BCUT2D eigenvalue weighted by molar-refractivity contribution is 5.78. The summed E-state index contributed by atoms with van der Waals surface area (Å²) in [5.74, 6) is 0.426. The zero-order valence-electron chi connectivity index (χ0n) is 13.1. The fraction of sp³-hybridized carbons (Fsp3) is 0.316. The average molecular weight is 282 g/mol. The van der Waals surface area contributed by atoms with E-state index < -0.39 is 5.41 Å². The number of carbonyl (C=O) groups excluding carboxylic acids is 1. The maximum absolute atomic E-state index is 12.1. The maximum Gasteiger partial charge on any atom is 0.316 e. The summed E-state index contributed by atoms with van der Waals surface area (Å²) in [5.41, 5.74) is 2.97. The van der Waals surface area contributed by atoms with E-state index in [0.29, 0.717) is 5.75 Å². The van der Waals surface area contributed by atoms with Crippen LogP contribution < -0.4 is 4.74 Å². The van der Waals surface area contributed by atoms with Crippen LogP contribution in [-0.4, -0.2) is 5.97 Å². The quantitative estimate of drug-likeness (QED) is 0.582. The van der Waals surface area contributed by atoms with Crippen molar-refractivity contribution in [3.8, 4) is 16.9 Å². The molecule has 0 saturated heterocycles. The minimum absolute atomic E-state index is 0.183. The van der Waals surface area contributed by atoms with Crippen LogP contribution in [0.15, 0.2) is 48.5 Å². The SMILES string of the molecule is CCC(C)(C)C(=O)Oc1ccc(-c2ccccc2)c(C)c1. The van der Waals surface area contributed by atoms with Crippen LogP contribution in [0, 0.1) is 12.3 Å². The average Bonchev–Trinajstić information content (AvgIpc) is 2.48. The van der Waals surface area contributed by atoms with Crippen LogP contribution in [0.2, 0.25) is 0 Å². The third kappa shape index (κ3) is 3.52. The number of esters is 1. The molecule has 0 radical (unpaired) electrons. The van der Waals surface area contributed by atoms with Crippen molar-refractivity contribution in [2.24, 2.45) is 5.41 Å². The lowest BCUT2D eigenvalue weighted by Gasteiger charge is -2.20.